The molecule has 2 rings (SSSR count). The van der Waals surface area contributed by atoms with Gasteiger partial charge in [-0.25, -0.2) is 9.97 Å². The molecule has 2 heterocycles. The van der Waals surface area contributed by atoms with Gasteiger partial charge in [0.15, 0.2) is 0 Å². The quantitative estimate of drug-likeness (QED) is 0.833. The Bertz CT molecular complexity index is 472. The van der Waals surface area contributed by atoms with Crippen molar-refractivity contribution in [1.29, 1.82) is 0 Å². The third-order valence-corrected chi connectivity index (χ3v) is 2.97. The van der Waals surface area contributed by atoms with E-state index in [4.69, 9.17) is 11.6 Å². The van der Waals surface area contributed by atoms with Gasteiger partial charge in [0.05, 0.1) is 5.02 Å². The van der Waals surface area contributed by atoms with E-state index < -0.39 is 0 Å². The number of hydrogen-bond donors (Lipinski definition) is 2. The first kappa shape index (κ1) is 12.4. The smallest absolute Gasteiger partial charge is 0.144 e. The second kappa shape index (κ2) is 6.02. The van der Waals surface area contributed by atoms with Gasteiger partial charge in [0.2, 0.25) is 0 Å². The molecule has 0 atom stereocenters. The molecule has 17 heavy (non-hydrogen) atoms. The zero-order valence-corrected chi connectivity index (χ0v) is 11.4. The molecule has 0 aliphatic heterocycles. The highest BCUT2D eigenvalue weighted by Gasteiger charge is 2.02. The van der Waals surface area contributed by atoms with Gasteiger partial charge in [0.1, 0.15) is 11.6 Å². The van der Waals surface area contributed by atoms with Crippen LogP contribution in [0.3, 0.4) is 0 Å². The van der Waals surface area contributed by atoms with Crippen molar-refractivity contribution in [2.45, 2.75) is 12.8 Å². The largest absolute Gasteiger partial charge is 0.369 e. The number of nitrogens with zero attached hydrogens (tertiary/aromatic N) is 2. The van der Waals surface area contributed by atoms with E-state index in [2.05, 4.69) is 36.2 Å². The molecule has 4 nitrogen and oxygen atoms in total. The maximum Gasteiger partial charge on any atom is 0.144 e. The third-order valence-electron chi connectivity index (χ3n) is 2.25. The molecule has 0 saturated heterocycles. The molecular formula is C11H12BrClN4. The highest BCUT2D eigenvalue weighted by Crippen LogP contribution is 2.22. The van der Waals surface area contributed by atoms with E-state index in [1.54, 1.807) is 12.4 Å². The van der Waals surface area contributed by atoms with Crippen LogP contribution in [0.15, 0.2) is 29.1 Å². The number of aromatic amines is 1. The first-order valence-electron chi connectivity index (χ1n) is 5.29. The van der Waals surface area contributed by atoms with Crippen molar-refractivity contribution in [2.75, 3.05) is 11.9 Å². The predicted molar refractivity (Wildman–Crippen MR) is 72.3 cm³/mol. The van der Waals surface area contributed by atoms with Crippen LogP contribution in [0.5, 0.6) is 0 Å². The number of anilines is 1. The van der Waals surface area contributed by atoms with E-state index in [0.717, 1.165) is 29.7 Å². The van der Waals surface area contributed by atoms with E-state index in [1.165, 1.54) is 0 Å². The molecule has 0 aliphatic carbocycles. The summed E-state index contributed by atoms with van der Waals surface area (Å²) in [7, 11) is 0. The predicted octanol–water partition coefficient (Wildman–Crippen LogP) is 3.27. The maximum absolute atomic E-state index is 6.03. The number of rotatable bonds is 5. The van der Waals surface area contributed by atoms with E-state index in [1.807, 2.05) is 12.3 Å². The molecule has 0 amide bonds. The standard InChI is InChI=1S/C11H12BrClN4/c12-8-6-9(13)11(17-7-8)16-3-1-2-10-14-4-5-15-10/h4-7H,1-3H2,(H,14,15)(H,16,17). The molecule has 90 valence electrons. The number of imidazole rings is 1. The van der Waals surface area contributed by atoms with Crippen LogP contribution in [-0.4, -0.2) is 21.5 Å². The Kier molecular flexibility index (Phi) is 4.39. The summed E-state index contributed by atoms with van der Waals surface area (Å²) in [6.45, 7) is 0.815. The Morgan fingerprint density at radius 3 is 3.00 bits per heavy atom. The second-order valence-corrected chi connectivity index (χ2v) is 4.87. The Morgan fingerprint density at radius 2 is 2.29 bits per heavy atom. The molecular weight excluding hydrogens is 304 g/mol. The highest BCUT2D eigenvalue weighted by atomic mass is 79.9. The van der Waals surface area contributed by atoms with Crippen LogP contribution in [0.1, 0.15) is 12.2 Å². The van der Waals surface area contributed by atoms with Crippen molar-refractivity contribution < 1.29 is 0 Å². The van der Waals surface area contributed by atoms with E-state index in [0.29, 0.717) is 10.8 Å². The summed E-state index contributed by atoms with van der Waals surface area (Å²) in [6, 6.07) is 1.82. The number of H-pyrrole nitrogens is 1. The Morgan fingerprint density at radius 1 is 1.41 bits per heavy atom. The number of aryl methyl sites for hydroxylation is 1. The Hall–Kier alpha value is -1.07. The molecule has 0 aliphatic rings. The lowest BCUT2D eigenvalue weighted by Crippen LogP contribution is -2.05. The lowest BCUT2D eigenvalue weighted by Gasteiger charge is -2.06. The van der Waals surface area contributed by atoms with Crippen molar-refractivity contribution in [3.05, 3.63) is 40.0 Å². The number of hydrogen-bond acceptors (Lipinski definition) is 3. The summed E-state index contributed by atoms with van der Waals surface area (Å²) in [6.07, 6.45) is 7.20. The summed E-state index contributed by atoms with van der Waals surface area (Å²) in [5.74, 6) is 1.72. The molecule has 0 fully saturated rings. The minimum Gasteiger partial charge on any atom is -0.369 e. The van der Waals surface area contributed by atoms with Gasteiger partial charge in [-0.15, -0.1) is 0 Å². The van der Waals surface area contributed by atoms with Crippen LogP contribution in [0.2, 0.25) is 5.02 Å². The van der Waals surface area contributed by atoms with E-state index in [-0.39, 0.29) is 0 Å². The topological polar surface area (TPSA) is 53.6 Å². The summed E-state index contributed by atoms with van der Waals surface area (Å²) in [5.41, 5.74) is 0. The first-order valence-corrected chi connectivity index (χ1v) is 6.46. The minimum atomic E-state index is 0.623. The van der Waals surface area contributed by atoms with Crippen molar-refractivity contribution >= 4 is 33.3 Å². The molecule has 0 radical (unpaired) electrons. The lowest BCUT2D eigenvalue weighted by molar-refractivity contribution is 0.814. The van der Waals surface area contributed by atoms with Crippen molar-refractivity contribution in [1.82, 2.24) is 15.0 Å². The molecule has 0 spiro atoms. The van der Waals surface area contributed by atoms with Crippen molar-refractivity contribution in [3.8, 4) is 0 Å². The van der Waals surface area contributed by atoms with Crippen LogP contribution < -0.4 is 5.32 Å². The van der Waals surface area contributed by atoms with Crippen LogP contribution in [0, 0.1) is 0 Å². The summed E-state index contributed by atoms with van der Waals surface area (Å²) in [4.78, 5) is 11.4. The minimum absolute atomic E-state index is 0.623. The van der Waals surface area contributed by atoms with Crippen LogP contribution in [0.4, 0.5) is 5.82 Å². The van der Waals surface area contributed by atoms with E-state index in [9.17, 15) is 0 Å². The Labute approximate surface area is 113 Å². The zero-order valence-electron chi connectivity index (χ0n) is 9.08. The summed E-state index contributed by atoms with van der Waals surface area (Å²) >= 11 is 9.35. The maximum atomic E-state index is 6.03. The average Bonchev–Trinajstić information content (AvgIpc) is 2.79. The van der Waals surface area contributed by atoms with Crippen molar-refractivity contribution in [2.24, 2.45) is 0 Å². The molecule has 2 N–H and O–H groups in total. The second-order valence-electron chi connectivity index (χ2n) is 3.55. The summed E-state index contributed by atoms with van der Waals surface area (Å²) in [5, 5.41) is 3.82. The number of pyridine rings is 1. The SMILES string of the molecule is Clc1cc(Br)cnc1NCCCc1ncc[nH]1. The molecule has 2 aromatic heterocycles. The van der Waals surface area contributed by atoms with Crippen LogP contribution in [0.25, 0.3) is 0 Å². The van der Waals surface area contributed by atoms with Gasteiger partial charge in [-0.1, -0.05) is 11.6 Å². The van der Waals surface area contributed by atoms with Gasteiger partial charge < -0.3 is 10.3 Å². The fourth-order valence-corrected chi connectivity index (χ4v) is 2.14. The normalized spacial score (nSPS) is 10.5. The molecule has 6 heteroatoms. The highest BCUT2D eigenvalue weighted by molar-refractivity contribution is 9.10. The van der Waals surface area contributed by atoms with Gasteiger partial charge in [0, 0.05) is 36.0 Å². The average molecular weight is 316 g/mol. The van der Waals surface area contributed by atoms with Gasteiger partial charge >= 0.3 is 0 Å². The number of nitrogens with one attached hydrogen (secondary N) is 2. The van der Waals surface area contributed by atoms with E-state index >= 15 is 0 Å². The van der Waals surface area contributed by atoms with Crippen LogP contribution in [-0.2, 0) is 6.42 Å². The monoisotopic (exact) mass is 314 g/mol. The molecule has 0 bridgehead atoms. The molecule has 0 saturated carbocycles. The fraction of sp³-hybridized carbons (Fsp3) is 0.273. The molecule has 0 unspecified atom stereocenters. The first-order chi connectivity index (χ1) is 8.25. The Balaban J connectivity index is 1.78. The zero-order chi connectivity index (χ0) is 12.1. The molecule has 2 aromatic rings. The summed E-state index contributed by atoms with van der Waals surface area (Å²) < 4.78 is 0.878. The van der Waals surface area contributed by atoms with Gasteiger partial charge in [-0.2, -0.15) is 0 Å². The fourth-order valence-electron chi connectivity index (χ4n) is 1.44. The van der Waals surface area contributed by atoms with Crippen molar-refractivity contribution in [3.63, 3.8) is 0 Å². The number of aromatic nitrogens is 3. The van der Waals surface area contributed by atoms with Gasteiger partial charge in [0.25, 0.3) is 0 Å². The molecule has 0 aromatic carbocycles. The van der Waals surface area contributed by atoms with Crippen LogP contribution >= 0.6 is 27.5 Å². The third kappa shape index (κ3) is 3.71. The van der Waals surface area contributed by atoms with Gasteiger partial charge in [-0.3, -0.25) is 0 Å². The number of halogens is 2. The lowest BCUT2D eigenvalue weighted by atomic mass is 10.3. The van der Waals surface area contributed by atoms with Gasteiger partial charge in [-0.05, 0) is 28.4 Å².